The number of carbonyl (C=O) groups is 1. The first-order valence-electron chi connectivity index (χ1n) is 9.15. The zero-order valence-corrected chi connectivity index (χ0v) is 14.7. The summed E-state index contributed by atoms with van der Waals surface area (Å²) in [6.45, 7) is 1.33. The Hall–Kier alpha value is -0.620. The topological polar surface area (TPSA) is 63.7 Å². The van der Waals surface area contributed by atoms with Crippen molar-refractivity contribution < 1.29 is 17.9 Å². The predicted molar refractivity (Wildman–Crippen MR) is 88.9 cm³/mol. The Labute approximate surface area is 139 Å². The van der Waals surface area contributed by atoms with Gasteiger partial charge in [-0.1, -0.05) is 25.7 Å². The second-order valence-electron chi connectivity index (χ2n) is 7.43. The molecule has 0 bridgehead atoms. The van der Waals surface area contributed by atoms with Crippen LogP contribution in [0.4, 0.5) is 0 Å². The second kappa shape index (κ2) is 7.51. The molecule has 1 aliphatic carbocycles. The molecular formula is C17H29NO4S. The molecule has 1 saturated carbocycles. The summed E-state index contributed by atoms with van der Waals surface area (Å²) >= 11 is 0. The van der Waals surface area contributed by atoms with E-state index in [2.05, 4.69) is 0 Å². The minimum atomic E-state index is -2.97. The third kappa shape index (κ3) is 4.69. The fourth-order valence-electron chi connectivity index (χ4n) is 4.25. The van der Waals surface area contributed by atoms with Gasteiger partial charge in [0.1, 0.15) is 0 Å². The highest BCUT2D eigenvalue weighted by Crippen LogP contribution is 2.29. The van der Waals surface area contributed by atoms with E-state index in [1.165, 1.54) is 25.7 Å². The highest BCUT2D eigenvalue weighted by molar-refractivity contribution is 7.91. The standard InChI is InChI=1S/C17H29NO4S/c19-17(8-7-14-4-1-2-5-14)18(12-16-6-3-10-22-16)15-9-11-23(20,21)13-15/h14-16H,1-13H2/t15-,16+/m0/s1. The molecule has 6 heteroatoms. The summed E-state index contributed by atoms with van der Waals surface area (Å²) in [6, 6.07) is -0.139. The average Bonchev–Trinajstić information content (AvgIpc) is 3.24. The van der Waals surface area contributed by atoms with Gasteiger partial charge in [-0.25, -0.2) is 8.42 Å². The summed E-state index contributed by atoms with van der Waals surface area (Å²) in [4.78, 5) is 14.6. The van der Waals surface area contributed by atoms with Crippen LogP contribution in [0.15, 0.2) is 0 Å². The summed E-state index contributed by atoms with van der Waals surface area (Å²) < 4.78 is 29.3. The molecule has 0 aromatic carbocycles. The molecule has 0 aromatic rings. The van der Waals surface area contributed by atoms with Crippen LogP contribution in [-0.4, -0.2) is 56.0 Å². The van der Waals surface area contributed by atoms with Gasteiger partial charge in [-0.2, -0.15) is 0 Å². The summed E-state index contributed by atoms with van der Waals surface area (Å²) in [6.07, 6.45) is 9.29. The van der Waals surface area contributed by atoms with Crippen molar-refractivity contribution in [3.8, 4) is 0 Å². The minimum Gasteiger partial charge on any atom is -0.376 e. The Bertz CT molecular complexity index is 507. The quantitative estimate of drug-likeness (QED) is 0.741. The van der Waals surface area contributed by atoms with E-state index < -0.39 is 9.84 Å². The number of rotatable bonds is 6. The van der Waals surface area contributed by atoms with Gasteiger partial charge in [-0.15, -0.1) is 0 Å². The van der Waals surface area contributed by atoms with E-state index in [-0.39, 0.29) is 29.6 Å². The fourth-order valence-corrected chi connectivity index (χ4v) is 5.98. The molecule has 0 radical (unpaired) electrons. The lowest BCUT2D eigenvalue weighted by atomic mass is 10.0. The largest absolute Gasteiger partial charge is 0.376 e. The van der Waals surface area contributed by atoms with Crippen LogP contribution in [-0.2, 0) is 19.4 Å². The SMILES string of the molecule is O=C(CCC1CCCC1)N(C[C@H]1CCCO1)[C@H]1CCS(=O)(=O)C1. The molecular weight excluding hydrogens is 314 g/mol. The Kier molecular flexibility index (Phi) is 5.62. The third-order valence-electron chi connectivity index (χ3n) is 5.64. The molecule has 3 aliphatic rings. The molecule has 0 N–H and O–H groups in total. The van der Waals surface area contributed by atoms with E-state index >= 15 is 0 Å². The highest BCUT2D eigenvalue weighted by Gasteiger charge is 2.36. The molecule has 3 rings (SSSR count). The molecule has 1 amide bonds. The number of sulfone groups is 1. The lowest BCUT2D eigenvalue weighted by molar-refractivity contribution is -0.135. The zero-order chi connectivity index (χ0) is 16.3. The lowest BCUT2D eigenvalue weighted by Crippen LogP contribution is -2.45. The van der Waals surface area contributed by atoms with Crippen molar-refractivity contribution in [1.82, 2.24) is 4.90 Å². The van der Waals surface area contributed by atoms with Crippen LogP contribution in [0.3, 0.4) is 0 Å². The zero-order valence-electron chi connectivity index (χ0n) is 13.9. The normalized spacial score (nSPS) is 30.8. The molecule has 23 heavy (non-hydrogen) atoms. The van der Waals surface area contributed by atoms with Crippen molar-refractivity contribution in [3.63, 3.8) is 0 Å². The first-order valence-corrected chi connectivity index (χ1v) is 11.0. The molecule has 2 saturated heterocycles. The number of ether oxygens (including phenoxy) is 1. The van der Waals surface area contributed by atoms with Crippen LogP contribution < -0.4 is 0 Å². The van der Waals surface area contributed by atoms with Crippen molar-refractivity contribution in [2.75, 3.05) is 24.7 Å². The maximum atomic E-state index is 12.8. The average molecular weight is 343 g/mol. The molecule has 132 valence electrons. The van der Waals surface area contributed by atoms with Gasteiger partial charge >= 0.3 is 0 Å². The van der Waals surface area contributed by atoms with Crippen molar-refractivity contribution in [2.45, 2.75) is 69.9 Å². The van der Waals surface area contributed by atoms with Gasteiger partial charge in [0.15, 0.2) is 9.84 Å². The monoisotopic (exact) mass is 343 g/mol. The third-order valence-corrected chi connectivity index (χ3v) is 7.39. The van der Waals surface area contributed by atoms with Crippen LogP contribution >= 0.6 is 0 Å². The Balaban J connectivity index is 1.59. The molecule has 0 aromatic heterocycles. The first-order chi connectivity index (χ1) is 11.0. The van der Waals surface area contributed by atoms with Gasteiger partial charge in [0.05, 0.1) is 17.6 Å². The van der Waals surface area contributed by atoms with Gasteiger partial charge < -0.3 is 9.64 Å². The van der Waals surface area contributed by atoms with Crippen molar-refractivity contribution in [1.29, 1.82) is 0 Å². The molecule has 5 nitrogen and oxygen atoms in total. The number of hydrogen-bond donors (Lipinski definition) is 0. The van der Waals surface area contributed by atoms with E-state index in [1.807, 2.05) is 4.90 Å². The van der Waals surface area contributed by atoms with Crippen LogP contribution in [0.5, 0.6) is 0 Å². The predicted octanol–water partition coefficient (Wildman–Crippen LogP) is 2.15. The summed E-state index contributed by atoms with van der Waals surface area (Å²) in [5.41, 5.74) is 0. The molecule has 2 heterocycles. The highest BCUT2D eigenvalue weighted by atomic mass is 32.2. The van der Waals surface area contributed by atoms with Gasteiger partial charge in [0.2, 0.25) is 5.91 Å². The molecule has 0 spiro atoms. The first kappa shape index (κ1) is 17.2. The lowest BCUT2D eigenvalue weighted by Gasteiger charge is -2.31. The number of carbonyl (C=O) groups excluding carboxylic acids is 1. The smallest absolute Gasteiger partial charge is 0.222 e. The van der Waals surface area contributed by atoms with Gasteiger partial charge in [-0.3, -0.25) is 4.79 Å². The van der Waals surface area contributed by atoms with E-state index in [0.717, 1.165) is 25.9 Å². The molecule has 0 unspecified atom stereocenters. The maximum Gasteiger partial charge on any atom is 0.222 e. The second-order valence-corrected chi connectivity index (χ2v) is 9.66. The number of nitrogens with zero attached hydrogens (tertiary/aromatic N) is 1. The van der Waals surface area contributed by atoms with Crippen LogP contribution in [0.25, 0.3) is 0 Å². The Morgan fingerprint density at radius 2 is 1.87 bits per heavy atom. The summed E-state index contributed by atoms with van der Waals surface area (Å²) in [7, 11) is -2.97. The van der Waals surface area contributed by atoms with Gasteiger partial charge in [-0.05, 0) is 31.6 Å². The van der Waals surface area contributed by atoms with Gasteiger partial charge in [0, 0.05) is 25.6 Å². The molecule has 2 atom stereocenters. The van der Waals surface area contributed by atoms with Crippen molar-refractivity contribution >= 4 is 15.7 Å². The summed E-state index contributed by atoms with van der Waals surface area (Å²) in [5, 5.41) is 0. The fraction of sp³-hybridized carbons (Fsp3) is 0.941. The Morgan fingerprint density at radius 1 is 1.09 bits per heavy atom. The number of hydrogen-bond acceptors (Lipinski definition) is 4. The van der Waals surface area contributed by atoms with Crippen LogP contribution in [0, 0.1) is 5.92 Å². The van der Waals surface area contributed by atoms with E-state index in [1.54, 1.807) is 0 Å². The van der Waals surface area contributed by atoms with E-state index in [0.29, 0.717) is 25.3 Å². The minimum absolute atomic E-state index is 0.0914. The van der Waals surface area contributed by atoms with Crippen molar-refractivity contribution in [3.05, 3.63) is 0 Å². The molecule has 3 fully saturated rings. The Morgan fingerprint density at radius 3 is 2.48 bits per heavy atom. The van der Waals surface area contributed by atoms with Crippen molar-refractivity contribution in [2.24, 2.45) is 5.92 Å². The molecule has 2 aliphatic heterocycles. The van der Waals surface area contributed by atoms with Crippen LogP contribution in [0.1, 0.15) is 57.8 Å². The van der Waals surface area contributed by atoms with E-state index in [4.69, 9.17) is 4.74 Å². The van der Waals surface area contributed by atoms with Gasteiger partial charge in [0.25, 0.3) is 0 Å². The maximum absolute atomic E-state index is 12.8. The van der Waals surface area contributed by atoms with E-state index in [9.17, 15) is 13.2 Å². The summed E-state index contributed by atoms with van der Waals surface area (Å²) in [5.74, 6) is 1.18. The van der Waals surface area contributed by atoms with Crippen LogP contribution in [0.2, 0.25) is 0 Å². The number of amides is 1.